The van der Waals surface area contributed by atoms with Crippen molar-refractivity contribution in [1.29, 1.82) is 0 Å². The fraction of sp³-hybridized carbons (Fsp3) is 0.0476. The van der Waals surface area contributed by atoms with E-state index in [2.05, 4.69) is 10.3 Å². The van der Waals surface area contributed by atoms with Crippen molar-refractivity contribution in [2.24, 2.45) is 0 Å². The van der Waals surface area contributed by atoms with Crippen LogP contribution in [0, 0.1) is 0 Å². The van der Waals surface area contributed by atoms with E-state index in [1.165, 1.54) is 0 Å². The third-order valence-corrected chi connectivity index (χ3v) is 4.34. The number of aromatic nitrogens is 1. The summed E-state index contributed by atoms with van der Waals surface area (Å²) < 4.78 is 5.11. The van der Waals surface area contributed by atoms with E-state index in [0.717, 1.165) is 5.52 Å². The highest BCUT2D eigenvalue weighted by molar-refractivity contribution is 6.09. The minimum atomic E-state index is -0.255. The Kier molecular flexibility index (Phi) is 3.89. The Balaban J connectivity index is 1.78. The number of fused-ring (bicyclic) bond motifs is 2. The molecule has 128 valence electrons. The summed E-state index contributed by atoms with van der Waals surface area (Å²) in [6, 6.07) is 19.5. The van der Waals surface area contributed by atoms with Crippen LogP contribution in [0.15, 0.2) is 71.5 Å². The summed E-state index contributed by atoms with van der Waals surface area (Å²) in [5, 5.41) is 4.04. The smallest absolute Gasteiger partial charge is 0.255 e. The van der Waals surface area contributed by atoms with Crippen molar-refractivity contribution in [1.82, 2.24) is 4.98 Å². The van der Waals surface area contributed by atoms with Crippen molar-refractivity contribution >= 4 is 33.4 Å². The monoisotopic (exact) mass is 344 g/mol. The first-order valence-corrected chi connectivity index (χ1v) is 8.16. The first kappa shape index (κ1) is 15.9. The molecule has 0 bridgehead atoms. The van der Waals surface area contributed by atoms with Gasteiger partial charge in [0.25, 0.3) is 5.91 Å². The molecule has 0 aliphatic rings. The maximum absolute atomic E-state index is 12.7. The maximum Gasteiger partial charge on any atom is 0.255 e. The van der Waals surface area contributed by atoms with Gasteiger partial charge in [0.05, 0.1) is 18.3 Å². The van der Waals surface area contributed by atoms with Gasteiger partial charge >= 0.3 is 0 Å². The van der Waals surface area contributed by atoms with Crippen LogP contribution in [-0.2, 0) is 0 Å². The highest BCUT2D eigenvalue weighted by Crippen LogP contribution is 2.23. The van der Waals surface area contributed by atoms with E-state index in [4.69, 9.17) is 4.74 Å². The first-order chi connectivity index (χ1) is 12.7. The fourth-order valence-electron chi connectivity index (χ4n) is 2.99. The van der Waals surface area contributed by atoms with Gasteiger partial charge in [0.2, 0.25) is 0 Å². The summed E-state index contributed by atoms with van der Waals surface area (Å²) in [5.74, 6) is 0.427. The first-order valence-electron chi connectivity index (χ1n) is 8.16. The zero-order valence-corrected chi connectivity index (χ0v) is 14.1. The Bertz CT molecular complexity index is 1180. The van der Waals surface area contributed by atoms with E-state index in [0.29, 0.717) is 33.3 Å². The number of methoxy groups -OCH3 is 1. The van der Waals surface area contributed by atoms with Crippen molar-refractivity contribution in [3.8, 4) is 5.75 Å². The number of hydrogen-bond donors (Lipinski definition) is 2. The molecule has 1 heterocycles. The number of anilines is 1. The molecule has 0 radical (unpaired) electrons. The summed E-state index contributed by atoms with van der Waals surface area (Å²) in [6.45, 7) is 0. The van der Waals surface area contributed by atoms with Crippen LogP contribution in [0.3, 0.4) is 0 Å². The molecule has 0 fully saturated rings. The van der Waals surface area contributed by atoms with Gasteiger partial charge in [0.1, 0.15) is 5.75 Å². The van der Waals surface area contributed by atoms with Crippen LogP contribution in [0.1, 0.15) is 10.4 Å². The average molecular weight is 344 g/mol. The van der Waals surface area contributed by atoms with Gasteiger partial charge in [-0.05, 0) is 48.5 Å². The lowest BCUT2D eigenvalue weighted by molar-refractivity contribution is 0.102. The number of H-pyrrole nitrogens is 1. The minimum absolute atomic E-state index is 0.0603. The van der Waals surface area contributed by atoms with E-state index >= 15 is 0 Å². The molecule has 4 aromatic rings. The Labute approximate surface area is 149 Å². The van der Waals surface area contributed by atoms with Crippen molar-refractivity contribution < 1.29 is 9.53 Å². The van der Waals surface area contributed by atoms with Crippen LogP contribution in [-0.4, -0.2) is 18.0 Å². The number of amides is 1. The van der Waals surface area contributed by atoms with E-state index in [9.17, 15) is 9.59 Å². The normalized spacial score (nSPS) is 10.8. The molecular weight excluding hydrogens is 328 g/mol. The number of nitrogens with one attached hydrogen (secondary N) is 2. The second kappa shape index (κ2) is 6.37. The largest absolute Gasteiger partial charge is 0.497 e. The molecule has 26 heavy (non-hydrogen) atoms. The van der Waals surface area contributed by atoms with Crippen LogP contribution in [0.25, 0.3) is 21.8 Å². The van der Waals surface area contributed by atoms with Crippen molar-refractivity contribution in [2.45, 2.75) is 0 Å². The summed E-state index contributed by atoms with van der Waals surface area (Å²) >= 11 is 0. The SMILES string of the molecule is COc1ccc(C(=O)Nc2cccc3c(=O)c4ccccc4[nH]c23)cc1. The van der Waals surface area contributed by atoms with Gasteiger partial charge in [-0.15, -0.1) is 0 Å². The van der Waals surface area contributed by atoms with E-state index in [1.54, 1.807) is 55.6 Å². The Hall–Kier alpha value is -3.60. The number of hydrogen-bond acceptors (Lipinski definition) is 3. The average Bonchev–Trinajstić information content (AvgIpc) is 2.69. The summed E-state index contributed by atoms with van der Waals surface area (Å²) in [7, 11) is 1.58. The molecule has 5 heteroatoms. The van der Waals surface area contributed by atoms with E-state index in [1.807, 2.05) is 18.2 Å². The molecule has 0 atom stereocenters. The van der Waals surface area contributed by atoms with Crippen LogP contribution in [0.2, 0.25) is 0 Å². The standard InChI is InChI=1S/C21H16N2O3/c1-26-14-11-9-13(10-12-14)21(25)23-18-8-4-6-16-19(18)22-17-7-3-2-5-15(17)20(16)24/h2-12H,1H3,(H,22,24)(H,23,25). The van der Waals surface area contributed by atoms with Gasteiger partial charge in [-0.1, -0.05) is 18.2 Å². The van der Waals surface area contributed by atoms with E-state index < -0.39 is 0 Å². The third-order valence-electron chi connectivity index (χ3n) is 4.34. The molecule has 0 unspecified atom stereocenters. The van der Waals surface area contributed by atoms with Crippen LogP contribution in [0.4, 0.5) is 5.69 Å². The zero-order chi connectivity index (χ0) is 18.1. The van der Waals surface area contributed by atoms with Gasteiger partial charge in [-0.25, -0.2) is 0 Å². The molecule has 0 saturated heterocycles. The van der Waals surface area contributed by atoms with Gasteiger partial charge in [0, 0.05) is 21.9 Å². The summed E-state index contributed by atoms with van der Waals surface area (Å²) in [6.07, 6.45) is 0. The Morgan fingerprint density at radius 1 is 0.923 bits per heavy atom. The molecule has 3 aromatic carbocycles. The summed E-state index contributed by atoms with van der Waals surface area (Å²) in [4.78, 5) is 28.5. The lowest BCUT2D eigenvalue weighted by Crippen LogP contribution is -2.13. The minimum Gasteiger partial charge on any atom is -0.497 e. The molecule has 4 rings (SSSR count). The van der Waals surface area contributed by atoms with Crippen molar-refractivity contribution in [3.63, 3.8) is 0 Å². The van der Waals surface area contributed by atoms with Crippen LogP contribution >= 0.6 is 0 Å². The molecule has 2 N–H and O–H groups in total. The van der Waals surface area contributed by atoms with Crippen molar-refractivity contribution in [2.75, 3.05) is 12.4 Å². The van der Waals surface area contributed by atoms with Gasteiger partial charge in [0.15, 0.2) is 5.43 Å². The summed E-state index contributed by atoms with van der Waals surface area (Å²) in [5.41, 5.74) is 2.35. The number of rotatable bonds is 3. The van der Waals surface area contributed by atoms with Crippen LogP contribution < -0.4 is 15.5 Å². The van der Waals surface area contributed by atoms with Crippen molar-refractivity contribution in [3.05, 3.63) is 82.5 Å². The number of aromatic amines is 1. The van der Waals surface area contributed by atoms with E-state index in [-0.39, 0.29) is 11.3 Å². The maximum atomic E-state index is 12.7. The second-order valence-electron chi connectivity index (χ2n) is 5.91. The van der Waals surface area contributed by atoms with Gasteiger partial charge in [-0.2, -0.15) is 0 Å². The second-order valence-corrected chi connectivity index (χ2v) is 5.91. The van der Waals surface area contributed by atoms with Gasteiger partial charge < -0.3 is 15.0 Å². The van der Waals surface area contributed by atoms with Gasteiger partial charge in [-0.3, -0.25) is 9.59 Å². The quantitative estimate of drug-likeness (QED) is 0.553. The number of carbonyl (C=O) groups excluding carboxylic acids is 1. The molecule has 1 aromatic heterocycles. The molecule has 0 saturated carbocycles. The number of benzene rings is 3. The predicted octanol–water partition coefficient (Wildman–Crippen LogP) is 3.94. The Morgan fingerprint density at radius 3 is 2.42 bits per heavy atom. The molecule has 0 spiro atoms. The van der Waals surface area contributed by atoms with Crippen LogP contribution in [0.5, 0.6) is 5.75 Å². The molecule has 0 aliphatic carbocycles. The Morgan fingerprint density at radius 2 is 1.65 bits per heavy atom. The third kappa shape index (κ3) is 2.69. The fourth-order valence-corrected chi connectivity index (χ4v) is 2.99. The molecule has 1 amide bonds. The lowest BCUT2D eigenvalue weighted by Gasteiger charge is -2.10. The highest BCUT2D eigenvalue weighted by atomic mass is 16.5. The molecule has 0 aliphatic heterocycles. The lowest BCUT2D eigenvalue weighted by atomic mass is 10.1. The topological polar surface area (TPSA) is 71.2 Å². The number of carbonyl (C=O) groups is 1. The highest BCUT2D eigenvalue weighted by Gasteiger charge is 2.12. The molecular formula is C21H16N2O3. The predicted molar refractivity (Wildman–Crippen MR) is 103 cm³/mol. The number of ether oxygens (including phenoxy) is 1. The molecule has 5 nitrogen and oxygen atoms in total. The number of pyridine rings is 1. The number of para-hydroxylation sites is 2. The zero-order valence-electron chi connectivity index (χ0n) is 14.1.